The van der Waals surface area contributed by atoms with Gasteiger partial charge in [-0.15, -0.1) is 0 Å². The number of ether oxygens (including phenoxy) is 2. The first-order valence-electron chi connectivity index (χ1n) is 7.25. The van der Waals surface area contributed by atoms with Gasteiger partial charge in [-0.25, -0.2) is 4.39 Å². The smallest absolute Gasteiger partial charge is 0.315 e. The summed E-state index contributed by atoms with van der Waals surface area (Å²) in [4.78, 5) is 24.2. The molecule has 5 heteroatoms. The number of esters is 2. The second kappa shape index (κ2) is 7.20. The number of benzene rings is 1. The number of rotatable bonds is 4. The van der Waals surface area contributed by atoms with Crippen molar-refractivity contribution in [2.45, 2.75) is 32.6 Å². The van der Waals surface area contributed by atoms with Crippen molar-refractivity contribution in [3.05, 3.63) is 30.1 Å². The van der Waals surface area contributed by atoms with Gasteiger partial charge < -0.3 is 9.47 Å². The summed E-state index contributed by atoms with van der Waals surface area (Å²) in [5.41, 5.74) is 0. The Labute approximate surface area is 123 Å². The summed E-state index contributed by atoms with van der Waals surface area (Å²) in [6.07, 6.45) is 2.99. The van der Waals surface area contributed by atoms with E-state index in [9.17, 15) is 14.0 Å². The third-order valence-corrected chi connectivity index (χ3v) is 3.67. The van der Waals surface area contributed by atoms with Crippen LogP contribution in [0.4, 0.5) is 4.39 Å². The number of carbonyl (C=O) groups is 2. The quantitative estimate of drug-likeness (QED) is 0.632. The standard InChI is InChI=1S/C16H19FO4/c1-2-20-15(18)13-8-3-4-9-14(13)16(19)21-12-7-5-6-11(17)10-12/h5-7,10,13-14H,2-4,8-9H2,1H3. The lowest BCUT2D eigenvalue weighted by molar-refractivity contribution is -0.158. The van der Waals surface area contributed by atoms with Crippen LogP contribution in [-0.4, -0.2) is 18.5 Å². The molecule has 0 bridgehead atoms. The average Bonchev–Trinajstić information content (AvgIpc) is 2.47. The van der Waals surface area contributed by atoms with E-state index in [-0.39, 0.29) is 11.7 Å². The second-order valence-corrected chi connectivity index (χ2v) is 5.13. The van der Waals surface area contributed by atoms with Crippen LogP contribution < -0.4 is 4.74 Å². The third-order valence-electron chi connectivity index (χ3n) is 3.67. The molecular formula is C16H19FO4. The zero-order chi connectivity index (χ0) is 15.2. The van der Waals surface area contributed by atoms with Crippen LogP contribution in [0.15, 0.2) is 24.3 Å². The topological polar surface area (TPSA) is 52.6 Å². The van der Waals surface area contributed by atoms with Crippen molar-refractivity contribution in [3.8, 4) is 5.75 Å². The summed E-state index contributed by atoms with van der Waals surface area (Å²) < 4.78 is 23.3. The molecule has 0 radical (unpaired) electrons. The van der Waals surface area contributed by atoms with Gasteiger partial charge in [0.1, 0.15) is 11.6 Å². The minimum absolute atomic E-state index is 0.160. The molecule has 4 nitrogen and oxygen atoms in total. The fourth-order valence-corrected chi connectivity index (χ4v) is 2.67. The van der Waals surface area contributed by atoms with Crippen molar-refractivity contribution < 1.29 is 23.5 Å². The number of hydrogen-bond acceptors (Lipinski definition) is 4. The summed E-state index contributed by atoms with van der Waals surface area (Å²) in [6, 6.07) is 5.42. The van der Waals surface area contributed by atoms with Crippen LogP contribution in [0.3, 0.4) is 0 Å². The van der Waals surface area contributed by atoms with Crippen LogP contribution in [0.25, 0.3) is 0 Å². The molecule has 1 aliphatic carbocycles. The molecule has 0 saturated heterocycles. The highest BCUT2D eigenvalue weighted by Crippen LogP contribution is 2.32. The van der Waals surface area contributed by atoms with Gasteiger partial charge in [-0.2, -0.15) is 0 Å². The molecule has 0 aromatic heterocycles. The fraction of sp³-hybridized carbons (Fsp3) is 0.500. The summed E-state index contributed by atoms with van der Waals surface area (Å²) in [6.45, 7) is 2.03. The molecule has 1 aliphatic rings. The van der Waals surface area contributed by atoms with Crippen molar-refractivity contribution in [2.75, 3.05) is 6.61 Å². The first-order chi connectivity index (χ1) is 10.1. The van der Waals surface area contributed by atoms with Gasteiger partial charge in [0.25, 0.3) is 0 Å². The highest BCUT2D eigenvalue weighted by Gasteiger charge is 2.38. The Kier molecular flexibility index (Phi) is 5.31. The van der Waals surface area contributed by atoms with E-state index in [2.05, 4.69) is 0 Å². The summed E-state index contributed by atoms with van der Waals surface area (Å²) in [5, 5.41) is 0. The zero-order valence-electron chi connectivity index (χ0n) is 12.0. The minimum Gasteiger partial charge on any atom is -0.466 e. The van der Waals surface area contributed by atoms with Gasteiger partial charge >= 0.3 is 11.9 Å². The van der Waals surface area contributed by atoms with Crippen molar-refractivity contribution in [1.29, 1.82) is 0 Å². The Hall–Kier alpha value is -1.91. The molecule has 0 heterocycles. The first-order valence-corrected chi connectivity index (χ1v) is 7.25. The van der Waals surface area contributed by atoms with Crippen molar-refractivity contribution >= 4 is 11.9 Å². The number of halogens is 1. The van der Waals surface area contributed by atoms with E-state index in [4.69, 9.17) is 9.47 Å². The molecule has 0 spiro atoms. The number of hydrogen-bond donors (Lipinski definition) is 0. The van der Waals surface area contributed by atoms with E-state index in [0.717, 1.165) is 18.9 Å². The molecule has 1 aromatic carbocycles. The molecule has 2 atom stereocenters. The molecule has 2 rings (SSSR count). The highest BCUT2D eigenvalue weighted by atomic mass is 19.1. The van der Waals surface area contributed by atoms with Gasteiger partial charge in [0.2, 0.25) is 0 Å². The average molecular weight is 294 g/mol. The molecule has 1 saturated carbocycles. The minimum atomic E-state index is -0.513. The molecule has 0 aliphatic heterocycles. The molecule has 0 N–H and O–H groups in total. The highest BCUT2D eigenvalue weighted by molar-refractivity contribution is 5.83. The van der Waals surface area contributed by atoms with Crippen molar-refractivity contribution in [1.82, 2.24) is 0 Å². The lowest BCUT2D eigenvalue weighted by Gasteiger charge is -2.28. The fourth-order valence-electron chi connectivity index (χ4n) is 2.67. The maximum atomic E-state index is 13.1. The van der Waals surface area contributed by atoms with Gasteiger partial charge in [-0.3, -0.25) is 9.59 Å². The van der Waals surface area contributed by atoms with E-state index < -0.39 is 23.6 Å². The summed E-state index contributed by atoms with van der Waals surface area (Å²) in [7, 11) is 0. The number of carbonyl (C=O) groups excluding carboxylic acids is 2. The van der Waals surface area contributed by atoms with Crippen LogP contribution in [0.2, 0.25) is 0 Å². The maximum Gasteiger partial charge on any atom is 0.315 e. The predicted octanol–water partition coefficient (Wildman–Crippen LogP) is 3.10. The normalized spacial score (nSPS) is 21.6. The molecule has 0 amide bonds. The van der Waals surface area contributed by atoms with Crippen LogP contribution in [0.1, 0.15) is 32.6 Å². The molecule has 114 valence electrons. The Morgan fingerprint density at radius 3 is 2.48 bits per heavy atom. The Bertz CT molecular complexity index is 515. The van der Waals surface area contributed by atoms with E-state index in [1.165, 1.54) is 18.2 Å². The SMILES string of the molecule is CCOC(=O)C1CCCCC1C(=O)Oc1cccc(F)c1. The predicted molar refractivity (Wildman–Crippen MR) is 74.1 cm³/mol. The van der Waals surface area contributed by atoms with E-state index in [1.54, 1.807) is 6.92 Å². The van der Waals surface area contributed by atoms with Crippen molar-refractivity contribution in [3.63, 3.8) is 0 Å². The largest absolute Gasteiger partial charge is 0.466 e. The van der Waals surface area contributed by atoms with Gasteiger partial charge in [-0.1, -0.05) is 18.9 Å². The Morgan fingerprint density at radius 1 is 1.19 bits per heavy atom. The molecular weight excluding hydrogens is 275 g/mol. The van der Waals surface area contributed by atoms with E-state index in [0.29, 0.717) is 19.4 Å². The van der Waals surface area contributed by atoms with Crippen LogP contribution in [0.5, 0.6) is 5.75 Å². The third kappa shape index (κ3) is 4.03. The van der Waals surface area contributed by atoms with Gasteiger partial charge in [0, 0.05) is 6.07 Å². The lowest BCUT2D eigenvalue weighted by atomic mass is 9.79. The van der Waals surface area contributed by atoms with Gasteiger partial charge in [-0.05, 0) is 31.9 Å². The maximum absolute atomic E-state index is 13.1. The molecule has 2 unspecified atom stereocenters. The van der Waals surface area contributed by atoms with Crippen LogP contribution >= 0.6 is 0 Å². The van der Waals surface area contributed by atoms with Gasteiger partial charge in [0.15, 0.2) is 0 Å². The monoisotopic (exact) mass is 294 g/mol. The molecule has 21 heavy (non-hydrogen) atoms. The molecule has 1 aromatic rings. The van der Waals surface area contributed by atoms with Crippen LogP contribution in [0, 0.1) is 17.7 Å². The Balaban J connectivity index is 2.06. The van der Waals surface area contributed by atoms with Crippen molar-refractivity contribution in [2.24, 2.45) is 11.8 Å². The first kappa shape index (κ1) is 15.5. The van der Waals surface area contributed by atoms with Gasteiger partial charge in [0.05, 0.1) is 18.4 Å². The van der Waals surface area contributed by atoms with Crippen LogP contribution in [-0.2, 0) is 14.3 Å². The molecule has 1 fully saturated rings. The second-order valence-electron chi connectivity index (χ2n) is 5.13. The summed E-state index contributed by atoms with van der Waals surface area (Å²) in [5.74, 6) is -2.11. The summed E-state index contributed by atoms with van der Waals surface area (Å²) >= 11 is 0. The van der Waals surface area contributed by atoms with E-state index in [1.807, 2.05) is 0 Å². The lowest BCUT2D eigenvalue weighted by Crippen LogP contribution is -2.36. The van der Waals surface area contributed by atoms with E-state index >= 15 is 0 Å². The Morgan fingerprint density at radius 2 is 1.86 bits per heavy atom. The zero-order valence-corrected chi connectivity index (χ0v) is 12.0.